The molecule has 0 amide bonds. The van der Waals surface area contributed by atoms with Crippen molar-refractivity contribution in [2.24, 2.45) is 11.7 Å². The molecule has 0 saturated carbocycles. The van der Waals surface area contributed by atoms with Crippen molar-refractivity contribution < 1.29 is 0 Å². The van der Waals surface area contributed by atoms with Gasteiger partial charge < -0.3 is 10.6 Å². The Morgan fingerprint density at radius 1 is 1.40 bits per heavy atom. The fourth-order valence-corrected chi connectivity index (χ4v) is 2.35. The van der Waals surface area contributed by atoms with E-state index in [4.69, 9.17) is 17.3 Å². The highest BCUT2D eigenvalue weighted by atomic mass is 35.5. The van der Waals surface area contributed by atoms with E-state index < -0.39 is 0 Å². The summed E-state index contributed by atoms with van der Waals surface area (Å²) < 4.78 is 0. The van der Waals surface area contributed by atoms with Crippen LogP contribution in [0.2, 0.25) is 5.02 Å². The number of likely N-dealkylation sites (tertiary alicyclic amines) is 1. The molecule has 0 radical (unpaired) electrons. The van der Waals surface area contributed by atoms with Gasteiger partial charge in [0.1, 0.15) is 0 Å². The van der Waals surface area contributed by atoms with Crippen LogP contribution >= 0.6 is 11.6 Å². The molecule has 1 fully saturated rings. The predicted molar refractivity (Wildman–Crippen MR) is 64.0 cm³/mol. The molecule has 2 nitrogen and oxygen atoms in total. The lowest BCUT2D eigenvalue weighted by Gasteiger charge is -2.19. The van der Waals surface area contributed by atoms with Gasteiger partial charge in [0.15, 0.2) is 0 Å². The maximum atomic E-state index is 6.24. The van der Waals surface area contributed by atoms with Crippen LogP contribution in [0.4, 0.5) is 0 Å². The quantitative estimate of drug-likeness (QED) is 0.836. The van der Waals surface area contributed by atoms with Crippen LogP contribution in [0, 0.1) is 5.92 Å². The Hall–Kier alpha value is -0.570. The highest BCUT2D eigenvalue weighted by Gasteiger charge is 2.25. The number of nitrogens with two attached hydrogens (primary N) is 1. The van der Waals surface area contributed by atoms with Gasteiger partial charge in [-0.15, -0.1) is 0 Å². The lowest BCUT2D eigenvalue weighted by molar-refractivity contribution is 0.372. The molecule has 0 aliphatic carbocycles. The SMILES string of the molecule is CN1CCC(C(N)c2ccc(Cl)cc2)C1. The van der Waals surface area contributed by atoms with E-state index in [1.807, 2.05) is 24.3 Å². The third-order valence-electron chi connectivity index (χ3n) is 3.19. The first-order valence-electron chi connectivity index (χ1n) is 5.36. The van der Waals surface area contributed by atoms with Gasteiger partial charge in [-0.3, -0.25) is 0 Å². The number of benzene rings is 1. The van der Waals surface area contributed by atoms with Gasteiger partial charge in [-0.2, -0.15) is 0 Å². The van der Waals surface area contributed by atoms with E-state index in [0.717, 1.165) is 18.1 Å². The molecular formula is C12H17ClN2. The van der Waals surface area contributed by atoms with Gasteiger partial charge in [0.05, 0.1) is 0 Å². The van der Waals surface area contributed by atoms with Gasteiger partial charge in [-0.1, -0.05) is 23.7 Å². The summed E-state index contributed by atoms with van der Waals surface area (Å²) in [5.74, 6) is 0.580. The Kier molecular flexibility index (Phi) is 3.29. The van der Waals surface area contributed by atoms with Crippen molar-refractivity contribution in [3.63, 3.8) is 0 Å². The number of hydrogen-bond acceptors (Lipinski definition) is 2. The molecular weight excluding hydrogens is 208 g/mol. The monoisotopic (exact) mass is 224 g/mol. The first kappa shape index (κ1) is 10.9. The highest BCUT2D eigenvalue weighted by Crippen LogP contribution is 2.27. The van der Waals surface area contributed by atoms with E-state index in [1.54, 1.807) is 0 Å². The summed E-state index contributed by atoms with van der Waals surface area (Å²) in [5.41, 5.74) is 7.44. The van der Waals surface area contributed by atoms with Crippen LogP contribution in [0.1, 0.15) is 18.0 Å². The van der Waals surface area contributed by atoms with E-state index in [-0.39, 0.29) is 6.04 Å². The van der Waals surface area contributed by atoms with Crippen molar-refractivity contribution in [1.82, 2.24) is 4.90 Å². The lowest BCUT2D eigenvalue weighted by Crippen LogP contribution is -2.24. The predicted octanol–water partition coefficient (Wildman–Crippen LogP) is 2.29. The van der Waals surface area contributed by atoms with Crippen LogP contribution < -0.4 is 5.73 Å². The molecule has 2 atom stereocenters. The third kappa shape index (κ3) is 2.51. The van der Waals surface area contributed by atoms with Gasteiger partial charge in [0, 0.05) is 17.6 Å². The Bertz CT molecular complexity index is 323. The molecule has 82 valence electrons. The second-order valence-corrected chi connectivity index (χ2v) is 4.82. The van der Waals surface area contributed by atoms with E-state index >= 15 is 0 Å². The molecule has 0 aromatic heterocycles. The molecule has 1 aliphatic rings. The molecule has 0 bridgehead atoms. The summed E-state index contributed by atoms with van der Waals surface area (Å²) in [7, 11) is 2.15. The van der Waals surface area contributed by atoms with Crippen molar-refractivity contribution in [3.8, 4) is 0 Å². The van der Waals surface area contributed by atoms with Crippen LogP contribution in [-0.2, 0) is 0 Å². The molecule has 2 N–H and O–H groups in total. The molecule has 2 rings (SSSR count). The summed E-state index contributed by atoms with van der Waals surface area (Å²) in [6.45, 7) is 2.26. The molecule has 1 aromatic rings. The first-order chi connectivity index (χ1) is 7.16. The Labute approximate surface area is 96.0 Å². The summed E-state index contributed by atoms with van der Waals surface area (Å²) in [6.07, 6.45) is 1.19. The molecule has 2 unspecified atom stereocenters. The average molecular weight is 225 g/mol. The molecule has 1 saturated heterocycles. The molecule has 0 spiro atoms. The fourth-order valence-electron chi connectivity index (χ4n) is 2.22. The Morgan fingerprint density at radius 2 is 2.07 bits per heavy atom. The van der Waals surface area contributed by atoms with Crippen LogP contribution in [0.15, 0.2) is 24.3 Å². The van der Waals surface area contributed by atoms with Crippen molar-refractivity contribution in [1.29, 1.82) is 0 Å². The summed E-state index contributed by atoms with van der Waals surface area (Å²) in [4.78, 5) is 2.33. The molecule has 1 aromatic carbocycles. The minimum absolute atomic E-state index is 0.146. The van der Waals surface area contributed by atoms with Crippen molar-refractivity contribution in [2.75, 3.05) is 20.1 Å². The number of rotatable bonds is 2. The maximum absolute atomic E-state index is 6.24. The topological polar surface area (TPSA) is 29.3 Å². The minimum Gasteiger partial charge on any atom is -0.324 e. The molecule has 3 heteroatoms. The van der Waals surface area contributed by atoms with Crippen molar-refractivity contribution in [2.45, 2.75) is 12.5 Å². The van der Waals surface area contributed by atoms with E-state index in [2.05, 4.69) is 11.9 Å². The van der Waals surface area contributed by atoms with E-state index in [9.17, 15) is 0 Å². The average Bonchev–Trinajstić information content (AvgIpc) is 2.65. The van der Waals surface area contributed by atoms with Gasteiger partial charge in [0.25, 0.3) is 0 Å². The third-order valence-corrected chi connectivity index (χ3v) is 3.44. The van der Waals surface area contributed by atoms with Crippen LogP contribution in [0.3, 0.4) is 0 Å². The van der Waals surface area contributed by atoms with Crippen LogP contribution in [0.5, 0.6) is 0 Å². The zero-order valence-corrected chi connectivity index (χ0v) is 9.74. The fraction of sp³-hybridized carbons (Fsp3) is 0.500. The minimum atomic E-state index is 0.146. The highest BCUT2D eigenvalue weighted by molar-refractivity contribution is 6.30. The van der Waals surface area contributed by atoms with Gasteiger partial charge in [-0.05, 0) is 43.6 Å². The summed E-state index contributed by atoms with van der Waals surface area (Å²) >= 11 is 5.85. The molecule has 1 heterocycles. The van der Waals surface area contributed by atoms with E-state index in [1.165, 1.54) is 12.0 Å². The largest absolute Gasteiger partial charge is 0.324 e. The Morgan fingerprint density at radius 3 is 2.60 bits per heavy atom. The standard InChI is InChI=1S/C12H17ClN2/c1-15-7-6-10(8-15)12(14)9-2-4-11(13)5-3-9/h2-5,10,12H,6-8,14H2,1H3. The lowest BCUT2D eigenvalue weighted by atomic mass is 9.93. The van der Waals surface area contributed by atoms with Crippen LogP contribution in [0.25, 0.3) is 0 Å². The number of hydrogen-bond donors (Lipinski definition) is 1. The van der Waals surface area contributed by atoms with Gasteiger partial charge in [0.2, 0.25) is 0 Å². The van der Waals surface area contributed by atoms with Crippen molar-refractivity contribution in [3.05, 3.63) is 34.9 Å². The molecule has 1 aliphatic heterocycles. The zero-order valence-electron chi connectivity index (χ0n) is 8.99. The second kappa shape index (κ2) is 4.52. The zero-order chi connectivity index (χ0) is 10.8. The molecule has 15 heavy (non-hydrogen) atoms. The number of halogens is 1. The Balaban J connectivity index is 2.07. The first-order valence-corrected chi connectivity index (χ1v) is 5.74. The van der Waals surface area contributed by atoms with Gasteiger partial charge in [-0.25, -0.2) is 0 Å². The number of nitrogens with zero attached hydrogens (tertiary/aromatic N) is 1. The van der Waals surface area contributed by atoms with Gasteiger partial charge >= 0.3 is 0 Å². The maximum Gasteiger partial charge on any atom is 0.0406 e. The summed E-state index contributed by atoms with van der Waals surface area (Å²) in [6, 6.07) is 8.04. The van der Waals surface area contributed by atoms with Crippen molar-refractivity contribution >= 4 is 11.6 Å². The second-order valence-electron chi connectivity index (χ2n) is 4.39. The smallest absolute Gasteiger partial charge is 0.0406 e. The van der Waals surface area contributed by atoms with E-state index in [0.29, 0.717) is 5.92 Å². The summed E-state index contributed by atoms with van der Waals surface area (Å²) in [5, 5.41) is 0.773. The normalized spacial score (nSPS) is 24.3. The van der Waals surface area contributed by atoms with Crippen LogP contribution in [-0.4, -0.2) is 25.0 Å².